The molecule has 4 unspecified atom stereocenters. The second-order valence-electron chi connectivity index (χ2n) is 9.63. The SMILES string of the molecule is C=COCOCCC(O)COC(COCC(O)C[N+](CCO)(CCO)CCO)COCC(C)(O)COCOC=C. The molecule has 0 aromatic rings. The van der Waals surface area contributed by atoms with Crippen LogP contribution in [0.3, 0.4) is 0 Å². The summed E-state index contributed by atoms with van der Waals surface area (Å²) in [4.78, 5) is 0. The number of hydrogen-bond donors (Lipinski definition) is 6. The molecule has 238 valence electrons. The third kappa shape index (κ3) is 20.5. The van der Waals surface area contributed by atoms with Crippen LogP contribution in [0.15, 0.2) is 25.7 Å². The van der Waals surface area contributed by atoms with Gasteiger partial charge < -0.3 is 68.3 Å². The van der Waals surface area contributed by atoms with Gasteiger partial charge in [-0.1, -0.05) is 13.2 Å². The summed E-state index contributed by atoms with van der Waals surface area (Å²) in [5, 5.41) is 59.5. The molecule has 0 saturated carbocycles. The molecule has 0 aromatic carbocycles. The molecule has 0 bridgehead atoms. The molecule has 6 N–H and O–H groups in total. The van der Waals surface area contributed by atoms with Gasteiger partial charge in [-0.05, 0) is 13.3 Å². The van der Waals surface area contributed by atoms with E-state index in [0.717, 1.165) is 0 Å². The average molecular weight is 587 g/mol. The number of aliphatic hydroxyl groups excluding tert-OH is 5. The van der Waals surface area contributed by atoms with Crippen LogP contribution < -0.4 is 0 Å². The lowest BCUT2D eigenvalue weighted by molar-refractivity contribution is -0.931. The summed E-state index contributed by atoms with van der Waals surface area (Å²) in [6, 6.07) is 0. The lowest BCUT2D eigenvalue weighted by Crippen LogP contribution is -2.57. The van der Waals surface area contributed by atoms with Crippen molar-refractivity contribution in [3.05, 3.63) is 25.7 Å². The third-order valence-corrected chi connectivity index (χ3v) is 5.72. The Hall–Kier alpha value is -1.40. The van der Waals surface area contributed by atoms with Crippen molar-refractivity contribution < 1.29 is 68.3 Å². The van der Waals surface area contributed by atoms with Crippen LogP contribution in [0.1, 0.15) is 13.3 Å². The van der Waals surface area contributed by atoms with Crippen LogP contribution >= 0.6 is 0 Å². The van der Waals surface area contributed by atoms with E-state index in [1.54, 1.807) is 6.92 Å². The van der Waals surface area contributed by atoms with Crippen LogP contribution in [0.5, 0.6) is 0 Å². The van der Waals surface area contributed by atoms with E-state index in [4.69, 9.17) is 33.2 Å². The number of nitrogens with zero attached hydrogens (tertiary/aromatic N) is 1. The molecule has 0 radical (unpaired) electrons. The maximum absolute atomic E-state index is 10.6. The first-order chi connectivity index (χ1) is 19.2. The number of aliphatic hydroxyl groups is 6. The van der Waals surface area contributed by atoms with Gasteiger partial charge in [0.15, 0.2) is 13.6 Å². The van der Waals surface area contributed by atoms with E-state index in [1.165, 1.54) is 12.5 Å². The van der Waals surface area contributed by atoms with E-state index in [2.05, 4.69) is 13.2 Å². The van der Waals surface area contributed by atoms with Crippen molar-refractivity contribution in [2.24, 2.45) is 0 Å². The minimum Gasteiger partial charge on any atom is -0.476 e. The quantitative estimate of drug-likeness (QED) is 0.0243. The monoisotopic (exact) mass is 586 g/mol. The first-order valence-corrected chi connectivity index (χ1v) is 13.3. The van der Waals surface area contributed by atoms with Gasteiger partial charge in [-0.25, -0.2) is 0 Å². The zero-order valence-corrected chi connectivity index (χ0v) is 23.8. The molecule has 14 heteroatoms. The highest BCUT2D eigenvalue weighted by molar-refractivity contribution is 4.72. The molecule has 0 fully saturated rings. The Labute approximate surface area is 237 Å². The van der Waals surface area contributed by atoms with E-state index in [-0.39, 0.29) is 110 Å². The Bertz CT molecular complexity index is 594. The van der Waals surface area contributed by atoms with Crippen molar-refractivity contribution in [1.82, 2.24) is 0 Å². The van der Waals surface area contributed by atoms with Crippen LogP contribution in [-0.4, -0.2) is 165 Å². The molecule has 0 amide bonds. The van der Waals surface area contributed by atoms with Crippen molar-refractivity contribution in [3.63, 3.8) is 0 Å². The number of hydrogen-bond acceptors (Lipinski definition) is 13. The van der Waals surface area contributed by atoms with Gasteiger partial charge in [0.05, 0.1) is 84.7 Å². The highest BCUT2D eigenvalue weighted by Crippen LogP contribution is 2.10. The van der Waals surface area contributed by atoms with Gasteiger partial charge >= 0.3 is 0 Å². The first kappa shape index (κ1) is 38.6. The lowest BCUT2D eigenvalue weighted by Gasteiger charge is -2.38. The van der Waals surface area contributed by atoms with Crippen molar-refractivity contribution >= 4 is 0 Å². The topological polar surface area (TPSA) is 186 Å². The predicted octanol–water partition coefficient (Wildman–Crippen LogP) is -1.67. The molecule has 0 aliphatic heterocycles. The summed E-state index contributed by atoms with van der Waals surface area (Å²) in [6.07, 6.45) is 0.371. The summed E-state index contributed by atoms with van der Waals surface area (Å²) in [5.41, 5.74) is -1.30. The number of rotatable bonds is 30. The molecule has 0 rings (SSSR count). The summed E-state index contributed by atoms with van der Waals surface area (Å²) >= 11 is 0. The molecular formula is C26H52NO13+. The van der Waals surface area contributed by atoms with E-state index >= 15 is 0 Å². The van der Waals surface area contributed by atoms with Gasteiger partial charge in [-0.15, -0.1) is 0 Å². The zero-order chi connectivity index (χ0) is 30.1. The number of quaternary nitrogens is 1. The predicted molar refractivity (Wildman–Crippen MR) is 144 cm³/mol. The minimum absolute atomic E-state index is 0.0132. The fourth-order valence-electron chi connectivity index (χ4n) is 3.74. The van der Waals surface area contributed by atoms with Gasteiger partial charge in [0.25, 0.3) is 0 Å². The Balaban J connectivity index is 4.87. The standard InChI is InChI=1S/C26H52NO13/c1-4-34-21-36-13-6-23(31)16-40-25(18-38-19-26(3,33)20-39-22-35-5-2)17-37-15-24(32)14-27(7-10-28,8-11-29)9-12-30/h4-5,23-25,28-33H,1-2,6-22H2,3H3/q+1. The summed E-state index contributed by atoms with van der Waals surface area (Å²) in [7, 11) is 0. The molecule has 40 heavy (non-hydrogen) atoms. The molecule has 0 saturated heterocycles. The van der Waals surface area contributed by atoms with Crippen LogP contribution in [0.4, 0.5) is 0 Å². The fraction of sp³-hybridized carbons (Fsp3) is 0.846. The van der Waals surface area contributed by atoms with Crippen LogP contribution in [0.25, 0.3) is 0 Å². The highest BCUT2D eigenvalue weighted by Gasteiger charge is 2.30. The summed E-state index contributed by atoms with van der Waals surface area (Å²) in [5.74, 6) is 0. The molecule has 0 spiro atoms. The molecule has 14 nitrogen and oxygen atoms in total. The normalized spacial score (nSPS) is 15.7. The average Bonchev–Trinajstić information content (AvgIpc) is 2.89. The molecule has 0 heterocycles. The minimum atomic E-state index is -1.30. The van der Waals surface area contributed by atoms with Crippen LogP contribution in [-0.2, 0) is 33.2 Å². The van der Waals surface area contributed by atoms with Gasteiger partial charge in [0.2, 0.25) is 0 Å². The maximum Gasteiger partial charge on any atom is 0.188 e. The highest BCUT2D eigenvalue weighted by atomic mass is 16.7. The summed E-state index contributed by atoms with van der Waals surface area (Å²) in [6.45, 7) is 8.85. The summed E-state index contributed by atoms with van der Waals surface area (Å²) < 4.78 is 37.3. The Morgan fingerprint density at radius 2 is 1.30 bits per heavy atom. The van der Waals surface area contributed by atoms with Crippen LogP contribution in [0, 0.1) is 0 Å². The van der Waals surface area contributed by atoms with E-state index in [0.29, 0.717) is 6.42 Å². The van der Waals surface area contributed by atoms with Crippen LogP contribution in [0.2, 0.25) is 0 Å². The Morgan fingerprint density at radius 3 is 1.88 bits per heavy atom. The second-order valence-corrected chi connectivity index (χ2v) is 9.63. The van der Waals surface area contributed by atoms with E-state index < -0.39 is 23.9 Å². The molecule has 0 aliphatic carbocycles. The smallest absolute Gasteiger partial charge is 0.188 e. The Morgan fingerprint density at radius 1 is 0.750 bits per heavy atom. The molecular weight excluding hydrogens is 534 g/mol. The van der Waals surface area contributed by atoms with Gasteiger partial charge in [0.1, 0.15) is 44.0 Å². The van der Waals surface area contributed by atoms with Gasteiger partial charge in [0, 0.05) is 0 Å². The molecule has 0 aliphatic rings. The van der Waals surface area contributed by atoms with E-state index in [9.17, 15) is 30.6 Å². The largest absolute Gasteiger partial charge is 0.476 e. The second kappa shape index (κ2) is 24.2. The molecule has 0 aromatic heterocycles. The Kier molecular flexibility index (Phi) is 23.4. The van der Waals surface area contributed by atoms with Gasteiger partial charge in [-0.2, -0.15) is 0 Å². The van der Waals surface area contributed by atoms with Crippen molar-refractivity contribution in [3.8, 4) is 0 Å². The van der Waals surface area contributed by atoms with Gasteiger partial charge in [-0.3, -0.25) is 0 Å². The zero-order valence-electron chi connectivity index (χ0n) is 23.8. The van der Waals surface area contributed by atoms with Crippen molar-refractivity contribution in [1.29, 1.82) is 0 Å². The third-order valence-electron chi connectivity index (χ3n) is 5.72. The fourth-order valence-corrected chi connectivity index (χ4v) is 3.74. The van der Waals surface area contributed by atoms with Crippen molar-refractivity contribution in [2.75, 3.05) is 106 Å². The lowest BCUT2D eigenvalue weighted by atomic mass is 10.1. The van der Waals surface area contributed by atoms with Crippen molar-refractivity contribution in [2.45, 2.75) is 37.3 Å². The first-order valence-electron chi connectivity index (χ1n) is 13.3. The maximum atomic E-state index is 10.6. The molecule has 4 atom stereocenters. The number of ether oxygens (including phenoxy) is 7. The van der Waals surface area contributed by atoms with E-state index in [1.807, 2.05) is 0 Å².